The molecule has 0 saturated heterocycles. The number of methoxy groups -OCH3 is 2. The lowest BCUT2D eigenvalue weighted by atomic mass is 9.96. The van der Waals surface area contributed by atoms with Gasteiger partial charge in [-0.15, -0.1) is 0 Å². The van der Waals surface area contributed by atoms with Gasteiger partial charge in [0.15, 0.2) is 16.3 Å². The van der Waals surface area contributed by atoms with E-state index in [1.165, 1.54) is 11.3 Å². The van der Waals surface area contributed by atoms with Crippen LogP contribution in [-0.2, 0) is 9.53 Å². The van der Waals surface area contributed by atoms with E-state index in [0.717, 1.165) is 11.1 Å². The van der Waals surface area contributed by atoms with Crippen molar-refractivity contribution in [3.8, 4) is 11.5 Å². The van der Waals surface area contributed by atoms with Gasteiger partial charge in [-0.3, -0.25) is 9.36 Å². The molecule has 9 heteroatoms. The Morgan fingerprint density at radius 2 is 1.94 bits per heavy atom. The average Bonchev–Trinajstić information content (AvgIpc) is 3.12. The fourth-order valence-electron chi connectivity index (χ4n) is 3.91. The summed E-state index contributed by atoms with van der Waals surface area (Å²) in [6.45, 7) is 3.75. The van der Waals surface area contributed by atoms with Gasteiger partial charge in [-0.1, -0.05) is 41.7 Å². The van der Waals surface area contributed by atoms with Crippen molar-refractivity contribution in [1.29, 1.82) is 0 Å². The Hall–Kier alpha value is -3.17. The number of nitrogens with zero attached hydrogens (tertiary/aromatic N) is 2. The number of thiazole rings is 1. The number of hydrogen-bond donors (Lipinski definition) is 0. The molecule has 0 spiro atoms. The summed E-state index contributed by atoms with van der Waals surface area (Å²) in [5.41, 5.74) is 2.22. The third-order valence-electron chi connectivity index (χ3n) is 5.39. The van der Waals surface area contributed by atoms with E-state index in [1.54, 1.807) is 44.8 Å². The predicted octanol–water partition coefficient (Wildman–Crippen LogP) is 3.58. The summed E-state index contributed by atoms with van der Waals surface area (Å²) < 4.78 is 18.9. The second kappa shape index (κ2) is 9.99. The summed E-state index contributed by atoms with van der Waals surface area (Å²) >= 11 is 4.76. The molecule has 1 aliphatic rings. The van der Waals surface area contributed by atoms with Gasteiger partial charge in [0.1, 0.15) is 0 Å². The second-order valence-electron chi connectivity index (χ2n) is 7.45. The van der Waals surface area contributed by atoms with E-state index < -0.39 is 12.0 Å². The van der Waals surface area contributed by atoms with Crippen LogP contribution in [0.5, 0.6) is 11.5 Å². The van der Waals surface area contributed by atoms with Gasteiger partial charge < -0.3 is 14.2 Å². The second-order valence-corrected chi connectivity index (χ2v) is 9.31. The van der Waals surface area contributed by atoms with Crippen LogP contribution >= 0.6 is 27.3 Å². The number of esters is 1. The van der Waals surface area contributed by atoms with E-state index in [4.69, 9.17) is 14.2 Å². The molecule has 3 aromatic rings. The summed E-state index contributed by atoms with van der Waals surface area (Å²) in [5, 5.41) is 0. The number of fused-ring (bicyclic) bond motifs is 1. The van der Waals surface area contributed by atoms with E-state index in [9.17, 15) is 9.59 Å². The molecule has 1 aliphatic heterocycles. The van der Waals surface area contributed by atoms with Gasteiger partial charge >= 0.3 is 5.97 Å². The number of halogens is 1. The first kappa shape index (κ1) is 24.0. The Labute approximate surface area is 208 Å². The Kier molecular flexibility index (Phi) is 7.04. The molecule has 0 bridgehead atoms. The molecule has 7 nitrogen and oxygen atoms in total. The average molecular weight is 543 g/mol. The molecular formula is C25H23BrN2O5S. The van der Waals surface area contributed by atoms with Crippen molar-refractivity contribution in [3.63, 3.8) is 0 Å². The molecule has 1 aromatic heterocycles. The van der Waals surface area contributed by atoms with Crippen molar-refractivity contribution >= 4 is 39.3 Å². The molecule has 0 aliphatic carbocycles. The first-order valence-electron chi connectivity index (χ1n) is 10.6. The van der Waals surface area contributed by atoms with Crippen LogP contribution in [0.2, 0.25) is 0 Å². The van der Waals surface area contributed by atoms with Gasteiger partial charge in [0.2, 0.25) is 0 Å². The highest BCUT2D eigenvalue weighted by molar-refractivity contribution is 9.10. The van der Waals surface area contributed by atoms with Gasteiger partial charge in [-0.2, -0.15) is 0 Å². The minimum Gasteiger partial charge on any atom is -0.493 e. The molecule has 0 N–H and O–H groups in total. The Morgan fingerprint density at radius 1 is 1.21 bits per heavy atom. The van der Waals surface area contributed by atoms with Gasteiger partial charge in [0.25, 0.3) is 5.56 Å². The lowest BCUT2D eigenvalue weighted by Crippen LogP contribution is -2.39. The van der Waals surface area contributed by atoms with Crippen molar-refractivity contribution in [2.75, 3.05) is 20.8 Å². The van der Waals surface area contributed by atoms with E-state index >= 15 is 0 Å². The third kappa shape index (κ3) is 4.33. The standard InChI is InChI=1S/C25H23BrN2O5S/c1-5-33-24(30)20-14(2)27-25-28(21(20)16-9-7-6-8-10-16)23(29)19(34-25)13-15-11-17(26)22(32-4)18(12-15)31-3/h6-13,21H,5H2,1-4H3/b19-13-/t21-/m1/s1. The maximum Gasteiger partial charge on any atom is 0.338 e. The first-order chi connectivity index (χ1) is 16.4. The van der Waals surface area contributed by atoms with Gasteiger partial charge in [0, 0.05) is 0 Å². The first-order valence-corrected chi connectivity index (χ1v) is 12.2. The Morgan fingerprint density at radius 3 is 2.59 bits per heavy atom. The smallest absolute Gasteiger partial charge is 0.338 e. The molecule has 0 amide bonds. The number of allylic oxidation sites excluding steroid dienone is 1. The molecule has 0 radical (unpaired) electrons. The third-order valence-corrected chi connectivity index (χ3v) is 6.96. The monoisotopic (exact) mass is 542 g/mol. The van der Waals surface area contributed by atoms with Crippen LogP contribution in [0, 0.1) is 0 Å². The van der Waals surface area contributed by atoms with Crippen LogP contribution < -0.4 is 24.4 Å². The molecular weight excluding hydrogens is 520 g/mol. The van der Waals surface area contributed by atoms with Crippen LogP contribution in [0.15, 0.2) is 68.0 Å². The molecule has 2 heterocycles. The van der Waals surface area contributed by atoms with Crippen molar-refractivity contribution in [2.24, 2.45) is 4.99 Å². The van der Waals surface area contributed by atoms with E-state index in [-0.39, 0.29) is 12.2 Å². The largest absolute Gasteiger partial charge is 0.493 e. The minimum atomic E-state index is -0.629. The quantitative estimate of drug-likeness (QED) is 0.445. The summed E-state index contributed by atoms with van der Waals surface area (Å²) in [6, 6.07) is 12.5. The van der Waals surface area contributed by atoms with Crippen molar-refractivity contribution < 1.29 is 19.0 Å². The molecule has 0 saturated carbocycles. The highest BCUT2D eigenvalue weighted by Gasteiger charge is 2.33. The Balaban J connectivity index is 1.94. The summed E-state index contributed by atoms with van der Waals surface area (Å²) in [7, 11) is 3.12. The molecule has 4 rings (SSSR count). The zero-order chi connectivity index (χ0) is 24.4. The van der Waals surface area contributed by atoms with Crippen molar-refractivity contribution in [3.05, 3.63) is 89.0 Å². The fourth-order valence-corrected chi connectivity index (χ4v) is 5.58. The molecule has 0 fully saturated rings. The molecule has 2 aromatic carbocycles. The molecule has 1 atom stereocenters. The highest BCUT2D eigenvalue weighted by Crippen LogP contribution is 2.36. The number of aromatic nitrogens is 1. The van der Waals surface area contributed by atoms with Crippen LogP contribution in [0.25, 0.3) is 6.08 Å². The zero-order valence-corrected chi connectivity index (χ0v) is 21.5. The minimum absolute atomic E-state index is 0.232. The fraction of sp³-hybridized carbons (Fsp3) is 0.240. The highest BCUT2D eigenvalue weighted by atomic mass is 79.9. The van der Waals surface area contributed by atoms with E-state index in [0.29, 0.717) is 36.6 Å². The van der Waals surface area contributed by atoms with Crippen LogP contribution in [0.1, 0.15) is 31.0 Å². The van der Waals surface area contributed by atoms with Gasteiger partial charge in [0.05, 0.1) is 47.1 Å². The molecule has 176 valence electrons. The topological polar surface area (TPSA) is 79.1 Å². The van der Waals surface area contributed by atoms with Crippen molar-refractivity contribution in [1.82, 2.24) is 4.57 Å². The number of ether oxygens (including phenoxy) is 3. The molecule has 0 unspecified atom stereocenters. The zero-order valence-electron chi connectivity index (χ0n) is 19.1. The van der Waals surface area contributed by atoms with E-state index in [1.807, 2.05) is 36.4 Å². The number of hydrogen-bond acceptors (Lipinski definition) is 7. The SMILES string of the molecule is CCOC(=O)C1=C(C)N=c2s/c(=C\c3cc(Br)c(OC)c(OC)c3)c(=O)n2[C@@H]1c1ccccc1. The lowest BCUT2D eigenvalue weighted by molar-refractivity contribution is -0.139. The number of carbonyl (C=O) groups is 1. The number of carbonyl (C=O) groups excluding carboxylic acids is 1. The van der Waals surface area contributed by atoms with E-state index in [2.05, 4.69) is 20.9 Å². The van der Waals surface area contributed by atoms with Gasteiger partial charge in [-0.25, -0.2) is 9.79 Å². The number of benzene rings is 2. The number of rotatable bonds is 6. The maximum absolute atomic E-state index is 13.6. The molecule has 34 heavy (non-hydrogen) atoms. The van der Waals surface area contributed by atoms with Crippen LogP contribution in [0.3, 0.4) is 0 Å². The van der Waals surface area contributed by atoms with Gasteiger partial charge in [-0.05, 0) is 59.1 Å². The van der Waals surface area contributed by atoms with Crippen molar-refractivity contribution in [2.45, 2.75) is 19.9 Å². The lowest BCUT2D eigenvalue weighted by Gasteiger charge is -2.24. The maximum atomic E-state index is 13.6. The van der Waals surface area contributed by atoms with Crippen LogP contribution in [-0.4, -0.2) is 31.4 Å². The predicted molar refractivity (Wildman–Crippen MR) is 134 cm³/mol. The summed E-state index contributed by atoms with van der Waals surface area (Å²) in [4.78, 5) is 31.6. The normalized spacial score (nSPS) is 15.6. The Bertz CT molecular complexity index is 1460. The summed E-state index contributed by atoms with van der Waals surface area (Å²) in [6.07, 6.45) is 1.78. The summed E-state index contributed by atoms with van der Waals surface area (Å²) in [5.74, 6) is 0.633. The van der Waals surface area contributed by atoms with Crippen LogP contribution in [0.4, 0.5) is 0 Å².